The Labute approximate surface area is 121 Å². The van der Waals surface area contributed by atoms with Gasteiger partial charge in [-0.25, -0.2) is 4.39 Å². The maximum Gasteiger partial charge on any atom is 0.123 e. The molecule has 0 spiro atoms. The van der Waals surface area contributed by atoms with E-state index in [2.05, 4.69) is 23.2 Å². The molecule has 1 aromatic carbocycles. The van der Waals surface area contributed by atoms with Crippen LogP contribution in [0.25, 0.3) is 0 Å². The SMILES string of the molecule is CCN(CCCCC(C)(C#N)NC)c1ccc(F)cc1. The van der Waals surface area contributed by atoms with E-state index in [-0.39, 0.29) is 5.82 Å². The summed E-state index contributed by atoms with van der Waals surface area (Å²) in [5.41, 5.74) is 0.609. The first-order chi connectivity index (χ1) is 9.54. The van der Waals surface area contributed by atoms with Crippen LogP contribution in [0.2, 0.25) is 0 Å². The summed E-state index contributed by atoms with van der Waals surface area (Å²) in [6.07, 6.45) is 2.84. The Bertz CT molecular complexity index is 438. The number of nitrogens with zero attached hydrogens (tertiary/aromatic N) is 2. The van der Waals surface area contributed by atoms with E-state index < -0.39 is 5.54 Å². The van der Waals surface area contributed by atoms with Crippen LogP contribution in [0.3, 0.4) is 0 Å². The summed E-state index contributed by atoms with van der Waals surface area (Å²) < 4.78 is 12.9. The lowest BCUT2D eigenvalue weighted by atomic mass is 9.97. The van der Waals surface area contributed by atoms with Crippen molar-refractivity contribution in [2.24, 2.45) is 0 Å². The summed E-state index contributed by atoms with van der Waals surface area (Å²) in [7, 11) is 1.82. The molecule has 0 radical (unpaired) electrons. The monoisotopic (exact) mass is 277 g/mol. The van der Waals surface area contributed by atoms with Gasteiger partial charge in [0.2, 0.25) is 0 Å². The Balaban J connectivity index is 2.43. The van der Waals surface area contributed by atoms with E-state index in [1.807, 2.05) is 26.1 Å². The van der Waals surface area contributed by atoms with Crippen LogP contribution in [-0.2, 0) is 0 Å². The molecule has 0 aliphatic heterocycles. The Hall–Kier alpha value is -1.60. The number of hydrogen-bond donors (Lipinski definition) is 1. The van der Waals surface area contributed by atoms with Gasteiger partial charge in [0, 0.05) is 18.8 Å². The van der Waals surface area contributed by atoms with Crippen LogP contribution in [0.1, 0.15) is 33.1 Å². The van der Waals surface area contributed by atoms with Crippen molar-refractivity contribution in [3.05, 3.63) is 30.1 Å². The second kappa shape index (κ2) is 7.86. The highest BCUT2D eigenvalue weighted by Gasteiger charge is 2.20. The molecule has 0 saturated carbocycles. The van der Waals surface area contributed by atoms with Crippen molar-refractivity contribution in [3.63, 3.8) is 0 Å². The van der Waals surface area contributed by atoms with Crippen molar-refractivity contribution in [2.75, 3.05) is 25.0 Å². The number of anilines is 1. The lowest BCUT2D eigenvalue weighted by Gasteiger charge is -2.24. The molecule has 1 rings (SSSR count). The van der Waals surface area contributed by atoms with Crippen molar-refractivity contribution in [1.82, 2.24) is 5.32 Å². The molecule has 20 heavy (non-hydrogen) atoms. The number of halogens is 1. The van der Waals surface area contributed by atoms with E-state index in [0.29, 0.717) is 0 Å². The minimum absolute atomic E-state index is 0.205. The molecule has 1 N–H and O–H groups in total. The van der Waals surface area contributed by atoms with Crippen molar-refractivity contribution in [2.45, 2.75) is 38.6 Å². The van der Waals surface area contributed by atoms with Crippen LogP contribution in [0.4, 0.5) is 10.1 Å². The summed E-state index contributed by atoms with van der Waals surface area (Å²) >= 11 is 0. The fraction of sp³-hybridized carbons (Fsp3) is 0.562. The number of rotatable bonds is 8. The molecule has 0 fully saturated rings. The van der Waals surface area contributed by atoms with Gasteiger partial charge in [-0.05, 0) is 64.4 Å². The van der Waals surface area contributed by atoms with Crippen molar-refractivity contribution < 1.29 is 4.39 Å². The fourth-order valence-corrected chi connectivity index (χ4v) is 2.14. The predicted molar refractivity (Wildman–Crippen MR) is 81.2 cm³/mol. The summed E-state index contributed by atoms with van der Waals surface area (Å²) in [4.78, 5) is 2.22. The number of benzene rings is 1. The zero-order chi connectivity index (χ0) is 15.0. The quantitative estimate of drug-likeness (QED) is 0.741. The average Bonchev–Trinajstić information content (AvgIpc) is 2.48. The number of hydrogen-bond acceptors (Lipinski definition) is 3. The van der Waals surface area contributed by atoms with E-state index in [1.54, 1.807) is 0 Å². The molecule has 0 bridgehead atoms. The smallest absolute Gasteiger partial charge is 0.123 e. The second-order valence-corrected chi connectivity index (χ2v) is 5.21. The van der Waals surface area contributed by atoms with Crippen LogP contribution in [0, 0.1) is 17.1 Å². The molecule has 3 nitrogen and oxygen atoms in total. The van der Waals surface area contributed by atoms with Gasteiger partial charge in [0.15, 0.2) is 0 Å². The zero-order valence-electron chi connectivity index (χ0n) is 12.6. The molecule has 0 saturated heterocycles. The van der Waals surface area contributed by atoms with Crippen LogP contribution >= 0.6 is 0 Å². The first-order valence-corrected chi connectivity index (χ1v) is 7.15. The zero-order valence-corrected chi connectivity index (χ0v) is 12.6. The number of nitriles is 1. The fourth-order valence-electron chi connectivity index (χ4n) is 2.14. The van der Waals surface area contributed by atoms with Gasteiger partial charge >= 0.3 is 0 Å². The molecule has 1 unspecified atom stereocenters. The third kappa shape index (κ3) is 4.82. The predicted octanol–water partition coefficient (Wildman–Crippen LogP) is 3.32. The van der Waals surface area contributed by atoms with Gasteiger partial charge in [0.1, 0.15) is 11.4 Å². The Morgan fingerprint density at radius 2 is 1.95 bits per heavy atom. The normalized spacial score (nSPS) is 13.6. The Kier molecular flexibility index (Phi) is 6.47. The van der Waals surface area contributed by atoms with Crippen LogP contribution in [0.5, 0.6) is 0 Å². The van der Waals surface area contributed by atoms with Gasteiger partial charge < -0.3 is 10.2 Å². The highest BCUT2D eigenvalue weighted by atomic mass is 19.1. The number of nitrogens with one attached hydrogen (secondary N) is 1. The van der Waals surface area contributed by atoms with Crippen molar-refractivity contribution in [3.8, 4) is 6.07 Å². The van der Waals surface area contributed by atoms with Crippen LogP contribution in [-0.4, -0.2) is 25.7 Å². The van der Waals surface area contributed by atoms with Crippen LogP contribution in [0.15, 0.2) is 24.3 Å². The van der Waals surface area contributed by atoms with E-state index >= 15 is 0 Å². The molecule has 0 heterocycles. The molecule has 4 heteroatoms. The van der Waals surface area contributed by atoms with E-state index in [9.17, 15) is 4.39 Å². The minimum atomic E-state index is -0.438. The van der Waals surface area contributed by atoms with E-state index in [0.717, 1.165) is 38.0 Å². The van der Waals surface area contributed by atoms with Gasteiger partial charge in [-0.2, -0.15) is 5.26 Å². The first-order valence-electron chi connectivity index (χ1n) is 7.15. The number of unbranched alkanes of at least 4 members (excludes halogenated alkanes) is 1. The second-order valence-electron chi connectivity index (χ2n) is 5.21. The van der Waals surface area contributed by atoms with Crippen molar-refractivity contribution >= 4 is 5.69 Å². The molecule has 0 aromatic heterocycles. The highest BCUT2D eigenvalue weighted by Crippen LogP contribution is 2.17. The standard InChI is InChI=1S/C16H24FN3/c1-4-20(15-9-7-14(17)8-10-15)12-6-5-11-16(2,13-18)19-3/h7-10,19H,4-6,11-12H2,1-3H3. The molecule has 0 aliphatic rings. The molecule has 110 valence electrons. The minimum Gasteiger partial charge on any atom is -0.372 e. The average molecular weight is 277 g/mol. The van der Waals surface area contributed by atoms with Gasteiger partial charge in [-0.3, -0.25) is 0 Å². The Morgan fingerprint density at radius 3 is 2.45 bits per heavy atom. The molecule has 1 aromatic rings. The summed E-state index contributed by atoms with van der Waals surface area (Å²) in [5.74, 6) is -0.205. The maximum atomic E-state index is 12.9. The van der Waals surface area contributed by atoms with Gasteiger partial charge in [0.05, 0.1) is 6.07 Å². The lowest BCUT2D eigenvalue weighted by molar-refractivity contribution is 0.433. The van der Waals surface area contributed by atoms with E-state index in [4.69, 9.17) is 5.26 Å². The molecule has 0 amide bonds. The topological polar surface area (TPSA) is 39.1 Å². The molecular weight excluding hydrogens is 253 g/mol. The third-order valence-electron chi connectivity index (χ3n) is 3.73. The Morgan fingerprint density at radius 1 is 1.30 bits per heavy atom. The van der Waals surface area contributed by atoms with Gasteiger partial charge in [-0.1, -0.05) is 0 Å². The van der Waals surface area contributed by atoms with Gasteiger partial charge in [0.25, 0.3) is 0 Å². The van der Waals surface area contributed by atoms with E-state index in [1.165, 1.54) is 12.1 Å². The molecule has 1 atom stereocenters. The molecule has 0 aliphatic carbocycles. The third-order valence-corrected chi connectivity index (χ3v) is 3.73. The summed E-state index contributed by atoms with van der Waals surface area (Å²) in [5, 5.41) is 12.1. The first kappa shape index (κ1) is 16.5. The summed E-state index contributed by atoms with van der Waals surface area (Å²) in [6, 6.07) is 8.91. The van der Waals surface area contributed by atoms with Gasteiger partial charge in [-0.15, -0.1) is 0 Å². The highest BCUT2D eigenvalue weighted by molar-refractivity contribution is 5.45. The lowest BCUT2D eigenvalue weighted by Crippen LogP contribution is -2.38. The largest absolute Gasteiger partial charge is 0.372 e. The molecular formula is C16H24FN3. The van der Waals surface area contributed by atoms with Crippen molar-refractivity contribution in [1.29, 1.82) is 5.26 Å². The van der Waals surface area contributed by atoms with Crippen LogP contribution < -0.4 is 10.2 Å². The summed E-state index contributed by atoms with van der Waals surface area (Å²) in [6.45, 7) is 5.83. The maximum absolute atomic E-state index is 12.9.